The molecule has 0 aliphatic heterocycles. The predicted molar refractivity (Wildman–Crippen MR) is 49.4 cm³/mol. The van der Waals surface area contributed by atoms with Crippen LogP contribution in [0.5, 0.6) is 0 Å². The van der Waals surface area contributed by atoms with Gasteiger partial charge in [0.1, 0.15) is 5.69 Å². The molecule has 0 bridgehead atoms. The van der Waals surface area contributed by atoms with Gasteiger partial charge in [0, 0.05) is 19.8 Å². The van der Waals surface area contributed by atoms with Gasteiger partial charge in [-0.3, -0.25) is 9.78 Å². The van der Waals surface area contributed by atoms with Crippen LogP contribution in [0.4, 0.5) is 0 Å². The molecule has 0 N–H and O–H groups in total. The maximum absolute atomic E-state index is 11.6. The third-order valence-electron chi connectivity index (χ3n) is 1.80. The van der Waals surface area contributed by atoms with Crippen molar-refractivity contribution in [2.24, 2.45) is 0 Å². The second-order valence-corrected chi connectivity index (χ2v) is 2.87. The van der Waals surface area contributed by atoms with Crippen molar-refractivity contribution in [1.82, 2.24) is 14.9 Å². The predicted octanol–water partition coefficient (Wildman–Crippen LogP) is 0.877. The number of rotatable bonds is 2. The first-order valence-corrected chi connectivity index (χ1v) is 4.19. The summed E-state index contributed by atoms with van der Waals surface area (Å²) in [6.45, 7) is 4.41. The van der Waals surface area contributed by atoms with Gasteiger partial charge in [0.2, 0.25) is 0 Å². The minimum Gasteiger partial charge on any atom is -0.341 e. The Labute approximate surface area is 77.6 Å². The van der Waals surface area contributed by atoms with Crippen LogP contribution in [0.2, 0.25) is 0 Å². The summed E-state index contributed by atoms with van der Waals surface area (Å²) in [7, 11) is 1.74. The zero-order valence-corrected chi connectivity index (χ0v) is 8.11. The van der Waals surface area contributed by atoms with Crippen molar-refractivity contribution in [3.8, 4) is 0 Å². The highest BCUT2D eigenvalue weighted by atomic mass is 16.2. The van der Waals surface area contributed by atoms with Crippen LogP contribution in [0.1, 0.15) is 23.1 Å². The van der Waals surface area contributed by atoms with Gasteiger partial charge in [-0.15, -0.1) is 0 Å². The number of nitrogens with zero attached hydrogens (tertiary/aromatic N) is 3. The molecule has 0 saturated carbocycles. The summed E-state index contributed by atoms with van der Waals surface area (Å²) in [4.78, 5) is 21.2. The minimum absolute atomic E-state index is 0.0845. The first kappa shape index (κ1) is 9.64. The molecule has 0 aromatic carbocycles. The SMILES string of the molecule is CCN(C)C(=O)c1cncc(C)n1. The fourth-order valence-corrected chi connectivity index (χ4v) is 0.906. The first-order valence-electron chi connectivity index (χ1n) is 4.19. The number of carbonyl (C=O) groups excluding carboxylic acids is 1. The number of hydrogen-bond acceptors (Lipinski definition) is 3. The largest absolute Gasteiger partial charge is 0.341 e. The highest BCUT2D eigenvalue weighted by Crippen LogP contribution is 1.99. The van der Waals surface area contributed by atoms with Crippen molar-refractivity contribution in [1.29, 1.82) is 0 Å². The molecule has 0 fully saturated rings. The van der Waals surface area contributed by atoms with Crippen LogP contribution in [0.3, 0.4) is 0 Å². The van der Waals surface area contributed by atoms with Crippen molar-refractivity contribution in [3.05, 3.63) is 23.8 Å². The van der Waals surface area contributed by atoms with Gasteiger partial charge in [-0.05, 0) is 13.8 Å². The molecule has 1 aromatic rings. The molecule has 1 heterocycles. The Hall–Kier alpha value is -1.45. The molecule has 0 radical (unpaired) electrons. The van der Waals surface area contributed by atoms with E-state index >= 15 is 0 Å². The average molecular weight is 179 g/mol. The second-order valence-electron chi connectivity index (χ2n) is 2.87. The van der Waals surface area contributed by atoms with Crippen molar-refractivity contribution < 1.29 is 4.79 Å². The van der Waals surface area contributed by atoms with E-state index in [0.717, 1.165) is 5.69 Å². The molecule has 1 amide bonds. The minimum atomic E-state index is -0.0845. The molecule has 0 atom stereocenters. The van der Waals surface area contributed by atoms with Crippen molar-refractivity contribution >= 4 is 5.91 Å². The van der Waals surface area contributed by atoms with Gasteiger partial charge in [0.05, 0.1) is 11.9 Å². The van der Waals surface area contributed by atoms with Crippen molar-refractivity contribution in [3.63, 3.8) is 0 Å². The molecule has 1 aromatic heterocycles. The second kappa shape index (κ2) is 3.98. The zero-order chi connectivity index (χ0) is 9.84. The Kier molecular flexibility index (Phi) is 2.95. The van der Waals surface area contributed by atoms with Crippen LogP contribution in [0.15, 0.2) is 12.4 Å². The number of aryl methyl sites for hydroxylation is 1. The normalized spacial score (nSPS) is 9.77. The summed E-state index contributed by atoms with van der Waals surface area (Å²) < 4.78 is 0. The first-order chi connectivity index (χ1) is 6.15. The Balaban J connectivity index is 2.89. The Bertz CT molecular complexity index is 311. The van der Waals surface area contributed by atoms with E-state index in [0.29, 0.717) is 12.2 Å². The van der Waals surface area contributed by atoms with Crippen LogP contribution >= 0.6 is 0 Å². The summed E-state index contributed by atoms with van der Waals surface area (Å²) in [5.74, 6) is -0.0845. The van der Waals surface area contributed by atoms with E-state index in [1.165, 1.54) is 6.20 Å². The molecule has 0 saturated heterocycles. The topological polar surface area (TPSA) is 46.1 Å². The Morgan fingerprint density at radius 2 is 2.23 bits per heavy atom. The van der Waals surface area contributed by atoms with Gasteiger partial charge in [-0.25, -0.2) is 4.98 Å². The molecule has 1 rings (SSSR count). The van der Waals surface area contributed by atoms with E-state index in [2.05, 4.69) is 9.97 Å². The molecule has 0 aliphatic carbocycles. The number of hydrogen-bond donors (Lipinski definition) is 0. The summed E-state index contributed by atoms with van der Waals surface area (Å²) in [5, 5.41) is 0. The lowest BCUT2D eigenvalue weighted by Gasteiger charge is -2.13. The van der Waals surface area contributed by atoms with E-state index in [4.69, 9.17) is 0 Å². The number of aromatic nitrogens is 2. The average Bonchev–Trinajstić information content (AvgIpc) is 2.15. The lowest BCUT2D eigenvalue weighted by molar-refractivity contribution is 0.0796. The third kappa shape index (κ3) is 2.24. The maximum Gasteiger partial charge on any atom is 0.273 e. The van der Waals surface area contributed by atoms with Crippen molar-refractivity contribution in [2.75, 3.05) is 13.6 Å². The summed E-state index contributed by atoms with van der Waals surface area (Å²) in [5.41, 5.74) is 1.17. The van der Waals surface area contributed by atoms with Gasteiger partial charge in [0.25, 0.3) is 5.91 Å². The molecule has 0 aliphatic rings. The van der Waals surface area contributed by atoms with Crippen LogP contribution < -0.4 is 0 Å². The number of carbonyl (C=O) groups is 1. The summed E-state index contributed by atoms with van der Waals surface area (Å²) in [6, 6.07) is 0. The fourth-order valence-electron chi connectivity index (χ4n) is 0.906. The van der Waals surface area contributed by atoms with Gasteiger partial charge in [-0.2, -0.15) is 0 Å². The molecule has 13 heavy (non-hydrogen) atoms. The van der Waals surface area contributed by atoms with E-state index in [-0.39, 0.29) is 5.91 Å². The van der Waals surface area contributed by atoms with E-state index in [1.807, 2.05) is 13.8 Å². The molecule has 4 heteroatoms. The van der Waals surface area contributed by atoms with Gasteiger partial charge >= 0.3 is 0 Å². The van der Waals surface area contributed by atoms with Gasteiger partial charge in [-0.1, -0.05) is 0 Å². The lowest BCUT2D eigenvalue weighted by Crippen LogP contribution is -2.27. The third-order valence-corrected chi connectivity index (χ3v) is 1.80. The van der Waals surface area contributed by atoms with Gasteiger partial charge < -0.3 is 4.90 Å². The molecule has 4 nitrogen and oxygen atoms in total. The summed E-state index contributed by atoms with van der Waals surface area (Å²) in [6.07, 6.45) is 3.12. The fraction of sp³-hybridized carbons (Fsp3) is 0.444. The van der Waals surface area contributed by atoms with E-state index in [9.17, 15) is 4.79 Å². The smallest absolute Gasteiger partial charge is 0.273 e. The molecule has 0 unspecified atom stereocenters. The molecule has 0 spiro atoms. The molecular formula is C9H13N3O. The standard InChI is InChI=1S/C9H13N3O/c1-4-12(3)9(13)8-6-10-5-7(2)11-8/h5-6H,4H2,1-3H3. The van der Waals surface area contributed by atoms with Gasteiger partial charge in [0.15, 0.2) is 0 Å². The highest BCUT2D eigenvalue weighted by molar-refractivity contribution is 5.91. The Morgan fingerprint density at radius 3 is 2.77 bits per heavy atom. The van der Waals surface area contributed by atoms with Crippen LogP contribution in [0, 0.1) is 6.92 Å². The lowest BCUT2D eigenvalue weighted by atomic mass is 10.3. The van der Waals surface area contributed by atoms with Crippen molar-refractivity contribution in [2.45, 2.75) is 13.8 Å². The summed E-state index contributed by atoms with van der Waals surface area (Å²) >= 11 is 0. The zero-order valence-electron chi connectivity index (χ0n) is 8.11. The monoisotopic (exact) mass is 179 g/mol. The molecular weight excluding hydrogens is 166 g/mol. The quantitative estimate of drug-likeness (QED) is 0.677. The van der Waals surface area contributed by atoms with E-state index < -0.39 is 0 Å². The van der Waals surface area contributed by atoms with Crippen LogP contribution in [-0.2, 0) is 0 Å². The maximum atomic E-state index is 11.6. The van der Waals surface area contributed by atoms with E-state index in [1.54, 1.807) is 18.1 Å². The number of amides is 1. The highest BCUT2D eigenvalue weighted by Gasteiger charge is 2.11. The van der Waals surface area contributed by atoms with Crippen LogP contribution in [0.25, 0.3) is 0 Å². The molecule has 70 valence electrons. The van der Waals surface area contributed by atoms with Crippen LogP contribution in [-0.4, -0.2) is 34.4 Å². The Morgan fingerprint density at radius 1 is 1.54 bits per heavy atom.